The fourth-order valence-corrected chi connectivity index (χ4v) is 2.73. The number of hydrogen-bond acceptors (Lipinski definition) is 6. The largest absolute Gasteiger partial charge is 0.493 e. The predicted molar refractivity (Wildman–Crippen MR) is 86.6 cm³/mol. The van der Waals surface area contributed by atoms with E-state index in [9.17, 15) is 14.9 Å². The Hall–Kier alpha value is -2.61. The smallest absolute Gasteiger partial charge is 0.276 e. The number of rotatable bonds is 7. The van der Waals surface area contributed by atoms with E-state index in [0.717, 1.165) is 0 Å². The highest BCUT2D eigenvalue weighted by molar-refractivity contribution is 7.12. The lowest BCUT2D eigenvalue weighted by molar-refractivity contribution is -0.385. The van der Waals surface area contributed by atoms with E-state index in [-0.39, 0.29) is 18.1 Å². The van der Waals surface area contributed by atoms with Gasteiger partial charge in [0.15, 0.2) is 11.5 Å². The molecule has 122 valence electrons. The average Bonchev–Trinajstić information content (AvgIpc) is 3.08. The van der Waals surface area contributed by atoms with E-state index < -0.39 is 4.92 Å². The van der Waals surface area contributed by atoms with Crippen molar-refractivity contribution in [2.75, 3.05) is 20.8 Å². The average molecular weight is 336 g/mol. The molecule has 0 saturated heterocycles. The van der Waals surface area contributed by atoms with Gasteiger partial charge in [-0.15, -0.1) is 11.3 Å². The molecule has 0 saturated carbocycles. The second-order valence-electron chi connectivity index (χ2n) is 4.58. The first-order chi connectivity index (χ1) is 11.1. The molecule has 0 unspecified atom stereocenters. The molecular formula is C15H16N2O5S. The van der Waals surface area contributed by atoms with Crippen LogP contribution < -0.4 is 14.8 Å². The summed E-state index contributed by atoms with van der Waals surface area (Å²) in [5, 5.41) is 15.8. The van der Waals surface area contributed by atoms with Gasteiger partial charge >= 0.3 is 0 Å². The van der Waals surface area contributed by atoms with Crippen LogP contribution in [0.1, 0.15) is 15.2 Å². The number of nitrogens with one attached hydrogen (secondary N) is 1. The number of thiophene rings is 1. The summed E-state index contributed by atoms with van der Waals surface area (Å²) in [7, 11) is 2.88. The highest BCUT2D eigenvalue weighted by atomic mass is 32.1. The van der Waals surface area contributed by atoms with Gasteiger partial charge in [-0.25, -0.2) is 0 Å². The Morgan fingerprint density at radius 2 is 2.00 bits per heavy atom. The number of hydrogen-bond donors (Lipinski definition) is 1. The Balaban J connectivity index is 2.11. The minimum atomic E-state index is -0.474. The zero-order chi connectivity index (χ0) is 16.8. The molecule has 0 aliphatic heterocycles. The van der Waals surface area contributed by atoms with Gasteiger partial charge in [0.1, 0.15) is 0 Å². The van der Waals surface area contributed by atoms with Gasteiger partial charge < -0.3 is 14.8 Å². The standard InChI is InChI=1S/C15H16N2O5S/c1-21-12-8-10(11(17(19)20)9-13(12)22-2)5-6-16-15(18)14-4-3-7-23-14/h3-4,7-9H,5-6H2,1-2H3,(H,16,18). The van der Waals surface area contributed by atoms with Crippen LogP contribution in [0.25, 0.3) is 0 Å². The summed E-state index contributed by atoms with van der Waals surface area (Å²) < 4.78 is 10.2. The number of amides is 1. The molecule has 0 radical (unpaired) electrons. The Labute approximate surface area is 137 Å². The third-order valence-electron chi connectivity index (χ3n) is 3.21. The van der Waals surface area contributed by atoms with Crippen molar-refractivity contribution in [2.45, 2.75) is 6.42 Å². The first-order valence-corrected chi connectivity index (χ1v) is 7.65. The number of ether oxygens (including phenoxy) is 2. The number of carbonyl (C=O) groups excluding carboxylic acids is 1. The van der Waals surface area contributed by atoms with Gasteiger partial charge in [-0.3, -0.25) is 14.9 Å². The van der Waals surface area contributed by atoms with E-state index in [1.807, 2.05) is 5.38 Å². The maximum absolute atomic E-state index is 11.9. The van der Waals surface area contributed by atoms with Crippen molar-refractivity contribution in [2.24, 2.45) is 0 Å². The molecule has 1 amide bonds. The minimum absolute atomic E-state index is 0.0620. The third-order valence-corrected chi connectivity index (χ3v) is 4.08. The third kappa shape index (κ3) is 3.98. The maximum atomic E-state index is 11.9. The summed E-state index contributed by atoms with van der Waals surface area (Å²) in [5.41, 5.74) is 0.409. The molecule has 0 aliphatic carbocycles. The van der Waals surface area contributed by atoms with E-state index in [1.165, 1.54) is 31.6 Å². The second-order valence-corrected chi connectivity index (χ2v) is 5.52. The molecule has 0 atom stereocenters. The summed E-state index contributed by atoms with van der Waals surface area (Å²) in [5.74, 6) is 0.520. The highest BCUT2D eigenvalue weighted by Crippen LogP contribution is 2.34. The first-order valence-electron chi connectivity index (χ1n) is 6.77. The molecule has 7 nitrogen and oxygen atoms in total. The van der Waals surface area contributed by atoms with Crippen molar-refractivity contribution < 1.29 is 19.2 Å². The van der Waals surface area contributed by atoms with Crippen molar-refractivity contribution >= 4 is 22.9 Å². The number of benzene rings is 1. The maximum Gasteiger partial charge on any atom is 0.276 e. The molecule has 2 rings (SSSR count). The van der Waals surface area contributed by atoms with Crippen LogP contribution in [-0.2, 0) is 6.42 Å². The van der Waals surface area contributed by atoms with Crippen LogP contribution in [0.15, 0.2) is 29.6 Å². The lowest BCUT2D eigenvalue weighted by Crippen LogP contribution is -2.25. The Bertz CT molecular complexity index is 700. The molecule has 0 aliphatic rings. The molecule has 1 N–H and O–H groups in total. The Morgan fingerprint density at radius 1 is 1.30 bits per heavy atom. The number of nitro benzene ring substituents is 1. The van der Waals surface area contributed by atoms with Crippen LogP contribution in [0.3, 0.4) is 0 Å². The molecular weight excluding hydrogens is 320 g/mol. The Kier molecular flexibility index (Phi) is 5.53. The highest BCUT2D eigenvalue weighted by Gasteiger charge is 2.19. The van der Waals surface area contributed by atoms with E-state index in [2.05, 4.69) is 5.32 Å². The van der Waals surface area contributed by atoms with Gasteiger partial charge in [0.2, 0.25) is 0 Å². The monoisotopic (exact) mass is 336 g/mol. The van der Waals surface area contributed by atoms with Gasteiger partial charge in [0, 0.05) is 12.1 Å². The van der Waals surface area contributed by atoms with Gasteiger partial charge in [0.05, 0.1) is 30.1 Å². The molecule has 1 heterocycles. The van der Waals surface area contributed by atoms with Crippen molar-refractivity contribution in [1.82, 2.24) is 5.32 Å². The van der Waals surface area contributed by atoms with E-state index >= 15 is 0 Å². The molecule has 2 aromatic rings. The summed E-state index contributed by atoms with van der Waals surface area (Å²) in [6.07, 6.45) is 0.313. The van der Waals surface area contributed by atoms with Crippen LogP contribution in [0.5, 0.6) is 11.5 Å². The summed E-state index contributed by atoms with van der Waals surface area (Å²) in [6, 6.07) is 6.40. The molecule has 1 aromatic carbocycles. The number of nitro groups is 1. The van der Waals surface area contributed by atoms with Crippen molar-refractivity contribution in [1.29, 1.82) is 0 Å². The van der Waals surface area contributed by atoms with Crippen molar-refractivity contribution in [3.8, 4) is 11.5 Å². The fourth-order valence-electron chi connectivity index (χ4n) is 2.09. The topological polar surface area (TPSA) is 90.7 Å². The molecule has 23 heavy (non-hydrogen) atoms. The summed E-state index contributed by atoms with van der Waals surface area (Å²) >= 11 is 1.34. The molecule has 1 aromatic heterocycles. The summed E-state index contributed by atoms with van der Waals surface area (Å²) in [4.78, 5) is 23.2. The lowest BCUT2D eigenvalue weighted by Gasteiger charge is -2.11. The minimum Gasteiger partial charge on any atom is -0.493 e. The number of nitrogens with zero attached hydrogens (tertiary/aromatic N) is 1. The lowest BCUT2D eigenvalue weighted by atomic mass is 10.1. The normalized spacial score (nSPS) is 10.2. The van der Waals surface area contributed by atoms with Crippen molar-refractivity contribution in [3.05, 3.63) is 50.2 Å². The van der Waals surface area contributed by atoms with E-state index in [4.69, 9.17) is 9.47 Å². The molecule has 0 spiro atoms. The van der Waals surface area contributed by atoms with E-state index in [0.29, 0.717) is 28.4 Å². The van der Waals surface area contributed by atoms with Crippen LogP contribution >= 0.6 is 11.3 Å². The van der Waals surface area contributed by atoms with Crippen LogP contribution in [0.2, 0.25) is 0 Å². The number of methoxy groups -OCH3 is 2. The van der Waals surface area contributed by atoms with Gasteiger partial charge in [-0.1, -0.05) is 6.07 Å². The second kappa shape index (κ2) is 7.59. The van der Waals surface area contributed by atoms with Crippen molar-refractivity contribution in [3.63, 3.8) is 0 Å². The van der Waals surface area contributed by atoms with Gasteiger partial charge in [-0.2, -0.15) is 0 Å². The van der Waals surface area contributed by atoms with Gasteiger partial charge in [-0.05, 0) is 23.9 Å². The predicted octanol–water partition coefficient (Wildman–Crippen LogP) is 2.65. The zero-order valence-electron chi connectivity index (χ0n) is 12.7. The van der Waals surface area contributed by atoms with Crippen LogP contribution in [-0.4, -0.2) is 31.6 Å². The zero-order valence-corrected chi connectivity index (χ0v) is 13.5. The number of carbonyl (C=O) groups is 1. The van der Waals surface area contributed by atoms with Crippen LogP contribution in [0, 0.1) is 10.1 Å². The van der Waals surface area contributed by atoms with E-state index in [1.54, 1.807) is 18.2 Å². The fraction of sp³-hybridized carbons (Fsp3) is 0.267. The quantitative estimate of drug-likeness (QED) is 0.620. The SMILES string of the molecule is COc1cc(CCNC(=O)c2cccs2)c([N+](=O)[O-])cc1OC. The molecule has 8 heteroatoms. The Morgan fingerprint density at radius 3 is 2.57 bits per heavy atom. The molecule has 0 bridgehead atoms. The molecule has 0 fully saturated rings. The summed E-state index contributed by atoms with van der Waals surface area (Å²) in [6.45, 7) is 0.285. The van der Waals surface area contributed by atoms with Gasteiger partial charge in [0.25, 0.3) is 11.6 Å². The first kappa shape index (κ1) is 16.8. The van der Waals surface area contributed by atoms with Crippen LogP contribution in [0.4, 0.5) is 5.69 Å².